The number of aromatic nitrogens is 4. The summed E-state index contributed by atoms with van der Waals surface area (Å²) in [6.45, 7) is 1.87. The predicted molar refractivity (Wildman–Crippen MR) is 97.8 cm³/mol. The van der Waals surface area contributed by atoms with Crippen LogP contribution < -0.4 is 11.1 Å². The number of aliphatic hydroxyl groups is 1. The van der Waals surface area contributed by atoms with Gasteiger partial charge < -0.3 is 16.2 Å². The number of fused-ring (bicyclic) bond motifs is 1. The molecule has 136 valence electrons. The van der Waals surface area contributed by atoms with E-state index in [1.54, 1.807) is 10.7 Å². The number of anilines is 1. The summed E-state index contributed by atoms with van der Waals surface area (Å²) < 4.78 is 1.73. The maximum Gasteiger partial charge on any atom is 0.252 e. The van der Waals surface area contributed by atoms with Crippen molar-refractivity contribution >= 4 is 17.1 Å². The molecule has 3 aromatic heterocycles. The average molecular weight is 354 g/mol. The third-order valence-corrected chi connectivity index (χ3v) is 5.13. The first-order valence-corrected chi connectivity index (χ1v) is 8.73. The molecule has 0 radical (unpaired) electrons. The SMILES string of the molecule is CC1(O)CCC(Nc2c(C(N)=O)cnn3cc(-c4ccn[nH]4)cc23)CC1. The molecule has 1 aliphatic rings. The molecule has 26 heavy (non-hydrogen) atoms. The van der Waals surface area contributed by atoms with Crippen molar-refractivity contribution in [2.75, 3.05) is 5.32 Å². The molecule has 4 rings (SSSR count). The van der Waals surface area contributed by atoms with Crippen molar-refractivity contribution in [3.8, 4) is 11.3 Å². The smallest absolute Gasteiger partial charge is 0.252 e. The number of aromatic amines is 1. The van der Waals surface area contributed by atoms with Gasteiger partial charge in [-0.05, 0) is 44.7 Å². The van der Waals surface area contributed by atoms with Crippen molar-refractivity contribution in [2.45, 2.75) is 44.2 Å². The van der Waals surface area contributed by atoms with Crippen LogP contribution in [-0.4, -0.2) is 42.5 Å². The Hall–Kier alpha value is -2.87. The van der Waals surface area contributed by atoms with Crippen molar-refractivity contribution < 1.29 is 9.90 Å². The van der Waals surface area contributed by atoms with Crippen LogP contribution in [0.1, 0.15) is 43.0 Å². The van der Waals surface area contributed by atoms with Crippen LogP contribution in [0, 0.1) is 0 Å². The molecule has 8 heteroatoms. The van der Waals surface area contributed by atoms with Gasteiger partial charge in [-0.3, -0.25) is 9.89 Å². The lowest BCUT2D eigenvalue weighted by molar-refractivity contribution is 0.0196. The van der Waals surface area contributed by atoms with E-state index in [1.165, 1.54) is 6.20 Å². The van der Waals surface area contributed by atoms with Crippen molar-refractivity contribution in [3.63, 3.8) is 0 Å². The van der Waals surface area contributed by atoms with E-state index in [-0.39, 0.29) is 6.04 Å². The molecule has 1 fully saturated rings. The zero-order valence-corrected chi connectivity index (χ0v) is 14.6. The Balaban J connectivity index is 1.73. The van der Waals surface area contributed by atoms with Crippen molar-refractivity contribution in [2.24, 2.45) is 5.73 Å². The van der Waals surface area contributed by atoms with Gasteiger partial charge in [-0.2, -0.15) is 10.2 Å². The van der Waals surface area contributed by atoms with Gasteiger partial charge in [0.15, 0.2) is 0 Å². The minimum Gasteiger partial charge on any atom is -0.390 e. The molecule has 1 aliphatic carbocycles. The molecule has 1 amide bonds. The first-order valence-electron chi connectivity index (χ1n) is 8.73. The van der Waals surface area contributed by atoms with Gasteiger partial charge in [0.25, 0.3) is 5.91 Å². The first kappa shape index (κ1) is 16.6. The first-order chi connectivity index (χ1) is 12.4. The Morgan fingerprint density at radius 3 is 2.88 bits per heavy atom. The monoisotopic (exact) mass is 354 g/mol. The van der Waals surface area contributed by atoms with E-state index in [9.17, 15) is 9.90 Å². The number of primary amides is 1. The van der Waals surface area contributed by atoms with Gasteiger partial charge in [0.05, 0.1) is 34.3 Å². The number of nitrogens with zero attached hydrogens (tertiary/aromatic N) is 3. The van der Waals surface area contributed by atoms with Crippen LogP contribution in [-0.2, 0) is 0 Å². The van der Waals surface area contributed by atoms with E-state index >= 15 is 0 Å². The van der Waals surface area contributed by atoms with E-state index in [4.69, 9.17) is 5.73 Å². The zero-order valence-electron chi connectivity index (χ0n) is 14.6. The number of nitrogens with one attached hydrogen (secondary N) is 2. The molecule has 0 aliphatic heterocycles. The van der Waals surface area contributed by atoms with Crippen LogP contribution in [0.5, 0.6) is 0 Å². The van der Waals surface area contributed by atoms with Gasteiger partial charge >= 0.3 is 0 Å². The summed E-state index contributed by atoms with van der Waals surface area (Å²) in [4.78, 5) is 11.9. The summed E-state index contributed by atoms with van der Waals surface area (Å²) in [5.41, 5.74) is 8.59. The third kappa shape index (κ3) is 3.03. The van der Waals surface area contributed by atoms with Crippen LogP contribution in [0.4, 0.5) is 5.69 Å². The Labute approximate surface area is 150 Å². The molecule has 0 aromatic carbocycles. The molecule has 0 unspecified atom stereocenters. The van der Waals surface area contributed by atoms with Crippen LogP contribution in [0.25, 0.3) is 16.8 Å². The molecule has 1 saturated carbocycles. The number of hydrogen-bond donors (Lipinski definition) is 4. The number of carbonyl (C=O) groups excluding carboxylic acids is 1. The van der Waals surface area contributed by atoms with E-state index in [0.717, 1.165) is 42.5 Å². The predicted octanol–water partition coefficient (Wildman–Crippen LogP) is 1.93. The maximum atomic E-state index is 11.9. The second-order valence-electron chi connectivity index (χ2n) is 7.24. The number of hydrogen-bond acceptors (Lipinski definition) is 5. The molecule has 0 saturated heterocycles. The molecule has 3 heterocycles. The van der Waals surface area contributed by atoms with E-state index in [0.29, 0.717) is 11.3 Å². The standard InChI is InChI=1S/C18H22N6O2/c1-18(26)5-2-12(3-6-18)22-16-13(17(19)25)9-21-24-10-11(8-15(16)24)14-4-7-20-23-14/h4,7-10,12,22,26H,2-3,5-6H2,1H3,(H2,19,25)(H,20,23). The van der Waals surface area contributed by atoms with Crippen LogP contribution in [0.3, 0.4) is 0 Å². The highest BCUT2D eigenvalue weighted by molar-refractivity contribution is 6.02. The van der Waals surface area contributed by atoms with Gasteiger partial charge in [-0.25, -0.2) is 4.52 Å². The molecule has 8 nitrogen and oxygen atoms in total. The van der Waals surface area contributed by atoms with Crippen molar-refractivity contribution in [3.05, 3.63) is 36.3 Å². The Morgan fingerprint density at radius 2 is 2.23 bits per heavy atom. The Kier molecular flexibility index (Phi) is 3.91. The van der Waals surface area contributed by atoms with E-state index in [2.05, 4.69) is 20.6 Å². The largest absolute Gasteiger partial charge is 0.390 e. The summed E-state index contributed by atoms with van der Waals surface area (Å²) >= 11 is 0. The number of rotatable bonds is 4. The van der Waals surface area contributed by atoms with Gasteiger partial charge in [0.2, 0.25) is 0 Å². The van der Waals surface area contributed by atoms with Gasteiger partial charge in [-0.1, -0.05) is 0 Å². The second kappa shape index (κ2) is 6.14. The molecular formula is C18H22N6O2. The second-order valence-corrected chi connectivity index (χ2v) is 7.24. The summed E-state index contributed by atoms with van der Waals surface area (Å²) in [5.74, 6) is -0.519. The topological polar surface area (TPSA) is 121 Å². The summed E-state index contributed by atoms with van der Waals surface area (Å²) in [5, 5.41) is 24.8. The van der Waals surface area contributed by atoms with Crippen LogP contribution >= 0.6 is 0 Å². The van der Waals surface area contributed by atoms with E-state index < -0.39 is 11.5 Å². The molecule has 0 bridgehead atoms. The normalized spacial score (nSPS) is 23.2. The van der Waals surface area contributed by atoms with Crippen LogP contribution in [0.2, 0.25) is 0 Å². The van der Waals surface area contributed by atoms with Crippen LogP contribution in [0.15, 0.2) is 30.7 Å². The van der Waals surface area contributed by atoms with Crippen molar-refractivity contribution in [1.29, 1.82) is 0 Å². The zero-order chi connectivity index (χ0) is 18.3. The molecule has 5 N–H and O–H groups in total. The molecule has 3 aromatic rings. The lowest BCUT2D eigenvalue weighted by Crippen LogP contribution is -2.36. The maximum absolute atomic E-state index is 11.9. The fourth-order valence-corrected chi connectivity index (χ4v) is 3.55. The summed E-state index contributed by atoms with van der Waals surface area (Å²) in [6.07, 6.45) is 8.16. The molecule has 0 atom stereocenters. The molecule has 0 spiro atoms. The highest BCUT2D eigenvalue weighted by Crippen LogP contribution is 2.33. The third-order valence-electron chi connectivity index (χ3n) is 5.13. The number of carbonyl (C=O) groups is 1. The minimum absolute atomic E-state index is 0.171. The number of amides is 1. The minimum atomic E-state index is -0.610. The lowest BCUT2D eigenvalue weighted by Gasteiger charge is -2.34. The number of H-pyrrole nitrogens is 1. The fourth-order valence-electron chi connectivity index (χ4n) is 3.55. The highest BCUT2D eigenvalue weighted by Gasteiger charge is 2.29. The summed E-state index contributed by atoms with van der Waals surface area (Å²) in [6, 6.07) is 4.00. The summed E-state index contributed by atoms with van der Waals surface area (Å²) in [7, 11) is 0. The van der Waals surface area contributed by atoms with Crippen molar-refractivity contribution in [1.82, 2.24) is 19.8 Å². The molecular weight excluding hydrogens is 332 g/mol. The fraction of sp³-hybridized carbons (Fsp3) is 0.389. The lowest BCUT2D eigenvalue weighted by atomic mass is 9.83. The van der Waals surface area contributed by atoms with Gasteiger partial charge in [-0.15, -0.1) is 0 Å². The Bertz CT molecular complexity index is 934. The highest BCUT2D eigenvalue weighted by atomic mass is 16.3. The Morgan fingerprint density at radius 1 is 1.46 bits per heavy atom. The average Bonchev–Trinajstić information content (AvgIpc) is 3.25. The van der Waals surface area contributed by atoms with E-state index in [1.807, 2.05) is 25.3 Å². The van der Waals surface area contributed by atoms with Gasteiger partial charge in [0.1, 0.15) is 0 Å². The quantitative estimate of drug-likeness (QED) is 0.570. The number of nitrogens with two attached hydrogens (primary N) is 1. The van der Waals surface area contributed by atoms with Gasteiger partial charge in [0, 0.05) is 24.0 Å².